The van der Waals surface area contributed by atoms with Gasteiger partial charge in [0.1, 0.15) is 6.61 Å². The average Bonchev–Trinajstić information content (AvgIpc) is 2.28. The van der Waals surface area contributed by atoms with Gasteiger partial charge in [-0.2, -0.15) is 0 Å². The molecular formula is C11H14BrNO3. The number of carbonyl (C=O) groups excluding carboxylic acids is 1. The summed E-state index contributed by atoms with van der Waals surface area (Å²) in [4.78, 5) is 15.6. The van der Waals surface area contributed by atoms with Crippen LogP contribution in [0.3, 0.4) is 0 Å². The van der Waals surface area contributed by atoms with Crippen LogP contribution >= 0.6 is 15.9 Å². The zero-order valence-electron chi connectivity index (χ0n) is 9.11. The number of nitrogens with zero attached hydrogens (tertiary/aromatic N) is 1. The Labute approximate surface area is 103 Å². The van der Waals surface area contributed by atoms with Crippen molar-refractivity contribution in [1.29, 1.82) is 0 Å². The summed E-state index contributed by atoms with van der Waals surface area (Å²) in [6, 6.07) is 3.68. The van der Waals surface area contributed by atoms with Crippen LogP contribution in [-0.4, -0.2) is 37.7 Å². The number of methoxy groups -OCH3 is 1. The number of ether oxygens (including phenoxy) is 2. The first-order valence-corrected chi connectivity index (χ1v) is 5.70. The number of pyridine rings is 1. The van der Waals surface area contributed by atoms with E-state index in [1.165, 1.54) is 0 Å². The molecule has 88 valence electrons. The van der Waals surface area contributed by atoms with E-state index in [1.54, 1.807) is 13.3 Å². The van der Waals surface area contributed by atoms with Gasteiger partial charge in [0.05, 0.1) is 19.6 Å². The molecule has 0 atom stereocenters. The molecule has 0 amide bonds. The normalized spacial score (nSPS) is 10.4. The Kier molecular flexibility index (Phi) is 6.22. The molecule has 1 aromatic heterocycles. The van der Waals surface area contributed by atoms with Crippen molar-refractivity contribution >= 4 is 21.7 Å². The van der Waals surface area contributed by atoms with Gasteiger partial charge in [-0.25, -0.2) is 0 Å². The SMILES string of the molecule is COCCOCC(=O)Cc1ccc(Br)cn1. The number of Topliss-reactive ketones (excluding diaryl/α,β-unsaturated/α-hetero) is 1. The van der Waals surface area contributed by atoms with E-state index >= 15 is 0 Å². The summed E-state index contributed by atoms with van der Waals surface area (Å²) in [5.41, 5.74) is 0.753. The number of carbonyl (C=O) groups is 1. The largest absolute Gasteiger partial charge is 0.382 e. The Bertz CT molecular complexity index is 327. The molecule has 1 aromatic rings. The van der Waals surface area contributed by atoms with Crippen LogP contribution in [0.2, 0.25) is 0 Å². The number of hydrogen-bond acceptors (Lipinski definition) is 4. The van der Waals surface area contributed by atoms with Crippen molar-refractivity contribution in [3.63, 3.8) is 0 Å². The van der Waals surface area contributed by atoms with Crippen molar-refractivity contribution in [2.75, 3.05) is 26.9 Å². The van der Waals surface area contributed by atoms with E-state index in [9.17, 15) is 4.79 Å². The van der Waals surface area contributed by atoms with E-state index in [1.807, 2.05) is 12.1 Å². The number of halogens is 1. The highest BCUT2D eigenvalue weighted by molar-refractivity contribution is 9.10. The molecule has 0 aliphatic rings. The van der Waals surface area contributed by atoms with Gasteiger partial charge in [0.15, 0.2) is 5.78 Å². The number of hydrogen-bond donors (Lipinski definition) is 0. The van der Waals surface area contributed by atoms with Gasteiger partial charge < -0.3 is 9.47 Å². The lowest BCUT2D eigenvalue weighted by Crippen LogP contribution is -2.14. The first-order chi connectivity index (χ1) is 7.72. The minimum Gasteiger partial charge on any atom is -0.382 e. The first-order valence-electron chi connectivity index (χ1n) is 4.91. The first kappa shape index (κ1) is 13.3. The van der Waals surface area contributed by atoms with Crippen LogP contribution in [0.5, 0.6) is 0 Å². The minimum absolute atomic E-state index is 0.0194. The van der Waals surface area contributed by atoms with Crippen molar-refractivity contribution in [3.8, 4) is 0 Å². The Morgan fingerprint density at radius 1 is 1.44 bits per heavy atom. The summed E-state index contributed by atoms with van der Waals surface area (Å²) in [5.74, 6) is 0.0194. The average molecular weight is 288 g/mol. The van der Waals surface area contributed by atoms with E-state index in [0.29, 0.717) is 19.6 Å². The molecular weight excluding hydrogens is 274 g/mol. The Morgan fingerprint density at radius 2 is 2.25 bits per heavy atom. The van der Waals surface area contributed by atoms with Gasteiger partial charge in [-0.3, -0.25) is 9.78 Å². The second-order valence-electron chi connectivity index (χ2n) is 3.23. The Morgan fingerprint density at radius 3 is 2.88 bits per heavy atom. The summed E-state index contributed by atoms with van der Waals surface area (Å²) >= 11 is 3.28. The second kappa shape index (κ2) is 7.49. The number of ketones is 1. The lowest BCUT2D eigenvalue weighted by molar-refractivity contribution is -0.123. The second-order valence-corrected chi connectivity index (χ2v) is 4.14. The maximum absolute atomic E-state index is 11.4. The molecule has 0 saturated carbocycles. The Hall–Kier alpha value is -0.780. The third-order valence-corrected chi connectivity index (χ3v) is 2.33. The summed E-state index contributed by atoms with van der Waals surface area (Å²) in [7, 11) is 1.59. The molecule has 0 fully saturated rings. The fourth-order valence-corrected chi connectivity index (χ4v) is 1.33. The molecule has 0 N–H and O–H groups in total. The molecule has 4 nitrogen and oxygen atoms in total. The molecule has 1 heterocycles. The third-order valence-electron chi connectivity index (χ3n) is 1.86. The smallest absolute Gasteiger partial charge is 0.164 e. The molecule has 0 aliphatic carbocycles. The molecule has 16 heavy (non-hydrogen) atoms. The van der Waals surface area contributed by atoms with Crippen LogP contribution in [0, 0.1) is 0 Å². The van der Waals surface area contributed by atoms with E-state index in [4.69, 9.17) is 9.47 Å². The van der Waals surface area contributed by atoms with Gasteiger partial charge in [-0.05, 0) is 28.1 Å². The standard InChI is InChI=1S/C11H14BrNO3/c1-15-4-5-16-8-11(14)6-10-3-2-9(12)7-13-10/h2-3,7H,4-6,8H2,1H3. The maximum atomic E-state index is 11.4. The van der Waals surface area contributed by atoms with Crippen molar-refractivity contribution in [2.45, 2.75) is 6.42 Å². The molecule has 0 radical (unpaired) electrons. The number of rotatable bonds is 7. The van der Waals surface area contributed by atoms with Crippen LogP contribution in [0.25, 0.3) is 0 Å². The molecule has 5 heteroatoms. The lowest BCUT2D eigenvalue weighted by Gasteiger charge is -2.02. The van der Waals surface area contributed by atoms with Crippen LogP contribution < -0.4 is 0 Å². The van der Waals surface area contributed by atoms with E-state index < -0.39 is 0 Å². The van der Waals surface area contributed by atoms with E-state index in [2.05, 4.69) is 20.9 Å². The summed E-state index contributed by atoms with van der Waals surface area (Å²) in [5, 5.41) is 0. The van der Waals surface area contributed by atoms with Gasteiger partial charge in [0.25, 0.3) is 0 Å². The van der Waals surface area contributed by atoms with Crippen molar-refractivity contribution < 1.29 is 14.3 Å². The highest BCUT2D eigenvalue weighted by atomic mass is 79.9. The monoisotopic (exact) mass is 287 g/mol. The summed E-state index contributed by atoms with van der Waals surface area (Å²) in [6.45, 7) is 1.06. The van der Waals surface area contributed by atoms with Gasteiger partial charge in [0.2, 0.25) is 0 Å². The highest BCUT2D eigenvalue weighted by Crippen LogP contribution is 2.07. The highest BCUT2D eigenvalue weighted by Gasteiger charge is 2.04. The molecule has 0 aromatic carbocycles. The van der Waals surface area contributed by atoms with E-state index in [0.717, 1.165) is 10.2 Å². The zero-order valence-corrected chi connectivity index (χ0v) is 10.7. The fourth-order valence-electron chi connectivity index (χ4n) is 1.09. The third kappa shape index (κ3) is 5.34. The zero-order chi connectivity index (χ0) is 11.8. The van der Waals surface area contributed by atoms with Crippen LogP contribution in [0.4, 0.5) is 0 Å². The van der Waals surface area contributed by atoms with Crippen LogP contribution in [-0.2, 0) is 20.7 Å². The quantitative estimate of drug-likeness (QED) is 0.715. The molecule has 0 aliphatic heterocycles. The van der Waals surface area contributed by atoms with E-state index in [-0.39, 0.29) is 12.4 Å². The molecule has 0 spiro atoms. The van der Waals surface area contributed by atoms with Crippen molar-refractivity contribution in [1.82, 2.24) is 4.98 Å². The van der Waals surface area contributed by atoms with Gasteiger partial charge in [-0.15, -0.1) is 0 Å². The maximum Gasteiger partial charge on any atom is 0.164 e. The Balaban J connectivity index is 2.26. The van der Waals surface area contributed by atoms with Gasteiger partial charge in [0, 0.05) is 23.5 Å². The predicted molar refractivity (Wildman–Crippen MR) is 63.3 cm³/mol. The number of aromatic nitrogens is 1. The molecule has 0 bridgehead atoms. The predicted octanol–water partition coefficient (Wildman–Crippen LogP) is 1.62. The van der Waals surface area contributed by atoms with Crippen molar-refractivity contribution in [2.24, 2.45) is 0 Å². The molecule has 0 unspecified atom stereocenters. The van der Waals surface area contributed by atoms with Crippen LogP contribution in [0.1, 0.15) is 5.69 Å². The van der Waals surface area contributed by atoms with Crippen LogP contribution in [0.15, 0.2) is 22.8 Å². The van der Waals surface area contributed by atoms with Gasteiger partial charge in [-0.1, -0.05) is 0 Å². The molecule has 0 saturated heterocycles. The van der Waals surface area contributed by atoms with Gasteiger partial charge >= 0.3 is 0 Å². The van der Waals surface area contributed by atoms with Crippen molar-refractivity contribution in [3.05, 3.63) is 28.5 Å². The molecule has 1 rings (SSSR count). The lowest BCUT2D eigenvalue weighted by atomic mass is 10.2. The summed E-state index contributed by atoms with van der Waals surface area (Å²) in [6.07, 6.45) is 1.98. The topological polar surface area (TPSA) is 48.4 Å². The summed E-state index contributed by atoms with van der Waals surface area (Å²) < 4.78 is 10.8. The minimum atomic E-state index is 0.0194. The fraction of sp³-hybridized carbons (Fsp3) is 0.455.